The van der Waals surface area contributed by atoms with Crippen LogP contribution in [0.4, 0.5) is 10.2 Å². The number of hydrogen-bond donors (Lipinski definition) is 5. The van der Waals surface area contributed by atoms with Crippen LogP contribution in [0.2, 0.25) is 5.28 Å². The van der Waals surface area contributed by atoms with Gasteiger partial charge in [-0.25, -0.2) is 9.37 Å². The van der Waals surface area contributed by atoms with Crippen LogP contribution in [0.15, 0.2) is 18.0 Å². The van der Waals surface area contributed by atoms with Crippen LogP contribution in [0.5, 0.6) is 0 Å². The predicted octanol–water partition coefficient (Wildman–Crippen LogP) is 1.94. The summed E-state index contributed by atoms with van der Waals surface area (Å²) in [6, 6.07) is 0. The average molecular weight is 558 g/mol. The quantitative estimate of drug-likeness (QED) is 0.153. The van der Waals surface area contributed by atoms with Gasteiger partial charge in [-0.3, -0.25) is 13.7 Å². The van der Waals surface area contributed by atoms with Crippen molar-refractivity contribution >= 4 is 43.8 Å². The molecule has 1 fully saturated rings. The summed E-state index contributed by atoms with van der Waals surface area (Å²) in [6.45, 7) is 2.30. The lowest BCUT2D eigenvalue weighted by Gasteiger charge is -2.25. The van der Waals surface area contributed by atoms with Gasteiger partial charge in [0.2, 0.25) is 5.28 Å². The molecule has 0 spiro atoms. The molecule has 17 heteroatoms. The third kappa shape index (κ3) is 7.06. The number of alkyl halides is 1. The van der Waals surface area contributed by atoms with Gasteiger partial charge in [0, 0.05) is 13.1 Å². The van der Waals surface area contributed by atoms with Crippen LogP contribution in [0.3, 0.4) is 0 Å². The Balaban J connectivity index is 1.82. The standard InChI is InChI=1S/C18H27ClFN5O8P2/c1-2-5-11(8-33-35(31,32)10-34(28,29)30)14(26)12(20)17(27)25-9-21-13-15(24-6-3-4-7-24)22-18(19)23-16(13)25/h5,9,12,14,17,26-27H,2-4,6-8,10H2,1H3,(H,31,32)(H2,28,29,30)/b11-5-/t12-,14+,17+/m0/s1. The van der Waals surface area contributed by atoms with Gasteiger partial charge in [-0.05, 0) is 36.4 Å². The number of halogens is 2. The van der Waals surface area contributed by atoms with Gasteiger partial charge in [-0.1, -0.05) is 13.0 Å². The summed E-state index contributed by atoms with van der Waals surface area (Å²) in [7, 11) is -9.60. The highest BCUT2D eigenvalue weighted by molar-refractivity contribution is 7.70. The zero-order chi connectivity index (χ0) is 26.0. The number of rotatable bonds is 11. The monoisotopic (exact) mass is 557 g/mol. The summed E-state index contributed by atoms with van der Waals surface area (Å²) >= 11 is 6.05. The molecule has 4 atom stereocenters. The third-order valence-electron chi connectivity index (χ3n) is 5.29. The Morgan fingerprint density at radius 3 is 2.51 bits per heavy atom. The second kappa shape index (κ2) is 11.3. The zero-order valence-electron chi connectivity index (χ0n) is 18.7. The van der Waals surface area contributed by atoms with Crippen LogP contribution < -0.4 is 4.90 Å². The van der Waals surface area contributed by atoms with Crippen LogP contribution in [-0.2, 0) is 13.7 Å². The van der Waals surface area contributed by atoms with E-state index in [1.54, 1.807) is 6.92 Å². The molecule has 13 nitrogen and oxygen atoms in total. The molecular weight excluding hydrogens is 531 g/mol. The fraction of sp³-hybridized carbons (Fsp3) is 0.611. The number of hydrogen-bond acceptors (Lipinski definition) is 9. The highest BCUT2D eigenvalue weighted by atomic mass is 35.5. The highest BCUT2D eigenvalue weighted by Gasteiger charge is 2.35. The zero-order valence-corrected chi connectivity index (χ0v) is 21.2. The second-order valence-electron chi connectivity index (χ2n) is 8.04. The number of aliphatic hydroxyl groups is 2. The van der Waals surface area contributed by atoms with Crippen molar-refractivity contribution in [1.29, 1.82) is 0 Å². The van der Waals surface area contributed by atoms with E-state index in [1.807, 2.05) is 4.90 Å². The fourth-order valence-electron chi connectivity index (χ4n) is 3.72. The van der Waals surface area contributed by atoms with E-state index in [9.17, 15) is 24.2 Å². The maximum atomic E-state index is 15.3. The largest absolute Gasteiger partial charge is 0.385 e. The minimum Gasteiger partial charge on any atom is -0.385 e. The van der Waals surface area contributed by atoms with Gasteiger partial charge in [0.05, 0.1) is 12.9 Å². The van der Waals surface area contributed by atoms with E-state index in [0.717, 1.165) is 36.8 Å². The summed E-state index contributed by atoms with van der Waals surface area (Å²) in [4.78, 5) is 41.9. The van der Waals surface area contributed by atoms with E-state index >= 15 is 4.39 Å². The van der Waals surface area contributed by atoms with Crippen molar-refractivity contribution in [2.24, 2.45) is 0 Å². The van der Waals surface area contributed by atoms with Crippen LogP contribution in [0, 0.1) is 0 Å². The molecule has 2 aromatic heterocycles. The molecule has 1 unspecified atom stereocenters. The number of anilines is 1. The second-order valence-corrected chi connectivity index (χ2v) is 12.4. The lowest BCUT2D eigenvalue weighted by atomic mass is 10.0. The predicted molar refractivity (Wildman–Crippen MR) is 125 cm³/mol. The first-order chi connectivity index (χ1) is 16.3. The number of nitrogens with zero attached hydrogens (tertiary/aromatic N) is 5. The molecule has 0 amide bonds. The van der Waals surface area contributed by atoms with Gasteiger partial charge >= 0.3 is 15.2 Å². The van der Waals surface area contributed by atoms with Crippen molar-refractivity contribution in [1.82, 2.24) is 19.5 Å². The first-order valence-electron chi connectivity index (χ1n) is 10.7. The average Bonchev–Trinajstić information content (AvgIpc) is 3.43. The van der Waals surface area contributed by atoms with Crippen LogP contribution in [0.1, 0.15) is 32.4 Å². The fourth-order valence-corrected chi connectivity index (χ4v) is 6.42. The minimum atomic E-state index is -4.86. The van der Waals surface area contributed by atoms with Crippen molar-refractivity contribution in [2.45, 2.75) is 44.7 Å². The summed E-state index contributed by atoms with van der Waals surface area (Å²) in [5.41, 5.74) is 0.144. The molecule has 5 N–H and O–H groups in total. The Labute approximate surface area is 204 Å². The lowest BCUT2D eigenvalue weighted by molar-refractivity contribution is -0.0352. The highest BCUT2D eigenvalue weighted by Crippen LogP contribution is 2.55. The topological polar surface area (TPSA) is 191 Å². The maximum absolute atomic E-state index is 15.3. The summed E-state index contributed by atoms with van der Waals surface area (Å²) < 4.78 is 43.9. The van der Waals surface area contributed by atoms with Gasteiger partial charge < -0.3 is 34.3 Å². The SMILES string of the molecule is CC/C=C(/COP(=O)(O)CP(=O)(O)O)[C@@H](O)[C@H](F)[C@@H](O)n1cnc2c(N3CCCC3)nc(Cl)nc21. The molecule has 1 aliphatic rings. The van der Waals surface area contributed by atoms with Crippen molar-refractivity contribution < 1.29 is 42.9 Å². The van der Waals surface area contributed by atoms with Crippen LogP contribution in [0.25, 0.3) is 11.2 Å². The van der Waals surface area contributed by atoms with E-state index in [4.69, 9.17) is 25.9 Å². The van der Waals surface area contributed by atoms with Crippen molar-refractivity contribution in [3.8, 4) is 0 Å². The molecule has 0 radical (unpaired) electrons. The minimum absolute atomic E-state index is 0.0491. The summed E-state index contributed by atoms with van der Waals surface area (Å²) in [5.74, 6) is -0.985. The smallest absolute Gasteiger partial charge is 0.340 e. The molecule has 0 bridgehead atoms. The molecule has 0 saturated carbocycles. The number of aliphatic hydroxyl groups excluding tert-OH is 2. The first-order valence-corrected chi connectivity index (χ1v) is 14.6. The molecule has 3 rings (SSSR count). The van der Waals surface area contributed by atoms with E-state index in [2.05, 4.69) is 15.0 Å². The number of allylic oxidation sites excluding steroid dienone is 1. The molecule has 35 heavy (non-hydrogen) atoms. The maximum Gasteiger partial charge on any atom is 0.340 e. The number of fused-ring (bicyclic) bond motifs is 1. The molecule has 0 aromatic carbocycles. The van der Waals surface area contributed by atoms with Gasteiger partial charge in [0.15, 0.2) is 35.3 Å². The van der Waals surface area contributed by atoms with Crippen LogP contribution in [-0.4, -0.2) is 82.3 Å². The van der Waals surface area contributed by atoms with E-state index in [1.165, 1.54) is 6.08 Å². The Morgan fingerprint density at radius 2 is 1.91 bits per heavy atom. The summed E-state index contributed by atoms with van der Waals surface area (Å²) in [6.07, 6.45) is -1.71. The molecule has 1 saturated heterocycles. The molecular formula is C18H27ClFN5O8P2. The van der Waals surface area contributed by atoms with Crippen molar-refractivity contribution in [3.05, 3.63) is 23.3 Å². The molecule has 0 aliphatic carbocycles. The molecule has 3 heterocycles. The molecule has 196 valence electrons. The Kier molecular flexibility index (Phi) is 9.06. The van der Waals surface area contributed by atoms with Crippen molar-refractivity contribution in [3.63, 3.8) is 0 Å². The summed E-state index contributed by atoms with van der Waals surface area (Å²) in [5, 5.41) is 21.1. The first kappa shape index (κ1) is 28.1. The van der Waals surface area contributed by atoms with Gasteiger partial charge in [-0.15, -0.1) is 0 Å². The van der Waals surface area contributed by atoms with E-state index in [0.29, 0.717) is 11.3 Å². The van der Waals surface area contributed by atoms with E-state index < -0.39 is 46.2 Å². The molecule has 2 aromatic rings. The third-order valence-corrected chi connectivity index (χ3v) is 8.90. The number of imidazole rings is 1. The Bertz CT molecular complexity index is 1170. The van der Waals surface area contributed by atoms with Crippen molar-refractivity contribution in [2.75, 3.05) is 30.5 Å². The van der Waals surface area contributed by atoms with Gasteiger partial charge in [-0.2, -0.15) is 9.97 Å². The Hall–Kier alpha value is -1.47. The normalized spacial score (nSPS) is 19.7. The number of aromatic nitrogens is 4. The van der Waals surface area contributed by atoms with E-state index in [-0.39, 0.29) is 22.9 Å². The lowest BCUT2D eigenvalue weighted by Crippen LogP contribution is -2.34. The molecule has 1 aliphatic heterocycles. The van der Waals surface area contributed by atoms with Gasteiger partial charge in [0.25, 0.3) is 0 Å². The Morgan fingerprint density at radius 1 is 1.26 bits per heavy atom. The van der Waals surface area contributed by atoms with Gasteiger partial charge in [0.1, 0.15) is 6.10 Å². The van der Waals surface area contributed by atoms with Crippen LogP contribution >= 0.6 is 26.8 Å².